The summed E-state index contributed by atoms with van der Waals surface area (Å²) in [7, 11) is 0. The first-order valence-corrected chi connectivity index (χ1v) is 9.04. The molecular formula is C22H22Cl2N4. The van der Waals surface area contributed by atoms with Crippen LogP contribution in [0.25, 0.3) is 22.3 Å². The van der Waals surface area contributed by atoms with Crippen molar-refractivity contribution in [2.75, 3.05) is 0 Å². The third-order valence-corrected chi connectivity index (χ3v) is 5.19. The van der Waals surface area contributed by atoms with Crippen LogP contribution in [0, 0.1) is 0 Å². The predicted molar refractivity (Wildman–Crippen MR) is 118 cm³/mol. The number of aromatic nitrogens is 3. The monoisotopic (exact) mass is 412 g/mol. The number of nitrogens with one attached hydrogen (secondary N) is 2. The second-order valence-electron chi connectivity index (χ2n) is 6.94. The molecule has 4 nitrogen and oxygen atoms in total. The molecule has 0 fully saturated rings. The maximum absolute atomic E-state index is 4.65. The van der Waals surface area contributed by atoms with E-state index in [9.17, 15) is 0 Å². The van der Waals surface area contributed by atoms with Crippen LogP contribution in [0.5, 0.6) is 0 Å². The third-order valence-electron chi connectivity index (χ3n) is 5.19. The van der Waals surface area contributed by atoms with Gasteiger partial charge in [0.25, 0.3) is 0 Å². The van der Waals surface area contributed by atoms with Gasteiger partial charge in [0.15, 0.2) is 0 Å². The summed E-state index contributed by atoms with van der Waals surface area (Å²) in [6, 6.07) is 19.7. The Bertz CT molecular complexity index is 1030. The van der Waals surface area contributed by atoms with Gasteiger partial charge in [0.2, 0.25) is 0 Å². The van der Waals surface area contributed by atoms with Crippen LogP contribution in [0.2, 0.25) is 0 Å². The second-order valence-corrected chi connectivity index (χ2v) is 6.94. The molecule has 6 heteroatoms. The molecule has 1 aliphatic carbocycles. The number of fused-ring (bicyclic) bond motifs is 2. The molecule has 0 saturated carbocycles. The van der Waals surface area contributed by atoms with E-state index in [2.05, 4.69) is 68.8 Å². The van der Waals surface area contributed by atoms with Gasteiger partial charge in [-0.1, -0.05) is 36.4 Å². The maximum atomic E-state index is 4.65. The van der Waals surface area contributed by atoms with Crippen molar-refractivity contribution in [2.45, 2.75) is 25.4 Å². The Kier molecular flexibility index (Phi) is 6.35. The smallest absolute Gasteiger partial charge is 0.0931 e. The molecule has 2 aromatic heterocycles. The minimum absolute atomic E-state index is 0. The first kappa shape index (κ1) is 20.3. The molecule has 0 atom stereocenters. The molecule has 2 N–H and O–H groups in total. The highest BCUT2D eigenvalue weighted by atomic mass is 35.5. The fraction of sp³-hybridized carbons (Fsp3) is 0.182. The van der Waals surface area contributed by atoms with Crippen molar-refractivity contribution in [1.29, 1.82) is 0 Å². The molecule has 4 aromatic rings. The average molecular weight is 413 g/mol. The van der Waals surface area contributed by atoms with E-state index in [0.29, 0.717) is 6.04 Å². The number of halogens is 2. The summed E-state index contributed by atoms with van der Waals surface area (Å²) in [6.07, 6.45) is 5.92. The lowest BCUT2D eigenvalue weighted by atomic mass is 10.1. The quantitative estimate of drug-likeness (QED) is 0.509. The van der Waals surface area contributed by atoms with Gasteiger partial charge < -0.3 is 10.3 Å². The normalized spacial score (nSPS) is 13.0. The van der Waals surface area contributed by atoms with Gasteiger partial charge in [-0.2, -0.15) is 0 Å². The lowest BCUT2D eigenvalue weighted by Gasteiger charge is -2.12. The van der Waals surface area contributed by atoms with E-state index < -0.39 is 0 Å². The molecule has 5 rings (SSSR count). The van der Waals surface area contributed by atoms with Crippen molar-refractivity contribution in [3.05, 3.63) is 83.8 Å². The molecule has 144 valence electrons. The molecule has 2 aromatic carbocycles. The van der Waals surface area contributed by atoms with Gasteiger partial charge in [0.05, 0.1) is 23.1 Å². The Morgan fingerprint density at radius 1 is 0.929 bits per heavy atom. The van der Waals surface area contributed by atoms with Gasteiger partial charge in [0, 0.05) is 24.3 Å². The topological polar surface area (TPSA) is 53.6 Å². The minimum Gasteiger partial charge on any atom is -0.345 e. The minimum atomic E-state index is 0. The van der Waals surface area contributed by atoms with E-state index in [-0.39, 0.29) is 24.8 Å². The number of hydrogen-bond acceptors (Lipinski definition) is 3. The third kappa shape index (κ3) is 4.04. The van der Waals surface area contributed by atoms with Crippen molar-refractivity contribution < 1.29 is 0 Å². The van der Waals surface area contributed by atoms with Crippen LogP contribution >= 0.6 is 24.8 Å². The largest absolute Gasteiger partial charge is 0.345 e. The van der Waals surface area contributed by atoms with Gasteiger partial charge in [-0.15, -0.1) is 24.8 Å². The van der Waals surface area contributed by atoms with Crippen LogP contribution in [-0.2, 0) is 19.4 Å². The molecule has 0 bridgehead atoms. The number of aromatic amines is 1. The number of pyridine rings is 1. The first-order valence-electron chi connectivity index (χ1n) is 9.04. The lowest BCUT2D eigenvalue weighted by molar-refractivity contribution is 0.532. The predicted octanol–water partition coefficient (Wildman–Crippen LogP) is 4.73. The first-order chi connectivity index (χ1) is 12.8. The lowest BCUT2D eigenvalue weighted by Crippen LogP contribution is -2.28. The standard InChI is InChI=1S/C22H20N4.2ClH/c1-2-4-17-10-19(9-16(17)3-1)23-12-15-5-7-20(24-13-15)18-6-8-21-22(11-18)26-14-25-21;;/h1-8,11,13-14,19,23H,9-10,12H2,(H,25,26);2*1H. The molecule has 0 saturated heterocycles. The average Bonchev–Trinajstić information content (AvgIpc) is 3.32. The molecule has 2 heterocycles. The van der Waals surface area contributed by atoms with E-state index in [1.807, 2.05) is 12.3 Å². The van der Waals surface area contributed by atoms with Crippen LogP contribution in [0.4, 0.5) is 0 Å². The number of rotatable bonds is 4. The van der Waals surface area contributed by atoms with Crippen LogP contribution < -0.4 is 5.32 Å². The van der Waals surface area contributed by atoms with Crippen molar-refractivity contribution in [2.24, 2.45) is 0 Å². The van der Waals surface area contributed by atoms with Crippen molar-refractivity contribution in [3.8, 4) is 11.3 Å². The molecule has 28 heavy (non-hydrogen) atoms. The Balaban J connectivity index is 0.00000112. The Hall–Kier alpha value is -2.40. The Morgan fingerprint density at radius 3 is 2.43 bits per heavy atom. The zero-order chi connectivity index (χ0) is 17.3. The SMILES string of the molecule is Cl.Cl.c1ccc2c(c1)CC(NCc1ccc(-c3ccc4[nH]cnc4c3)nc1)C2. The summed E-state index contributed by atoms with van der Waals surface area (Å²) in [5, 5.41) is 3.67. The van der Waals surface area contributed by atoms with Crippen LogP contribution in [0.3, 0.4) is 0 Å². The molecule has 0 aliphatic heterocycles. The number of H-pyrrole nitrogens is 1. The van der Waals surface area contributed by atoms with Gasteiger partial charge in [-0.25, -0.2) is 4.98 Å². The maximum Gasteiger partial charge on any atom is 0.0931 e. The molecule has 1 aliphatic rings. The van der Waals surface area contributed by atoms with Gasteiger partial charge >= 0.3 is 0 Å². The summed E-state index contributed by atoms with van der Waals surface area (Å²) < 4.78 is 0. The highest BCUT2D eigenvalue weighted by Gasteiger charge is 2.20. The van der Waals surface area contributed by atoms with E-state index in [4.69, 9.17) is 0 Å². The number of hydrogen-bond donors (Lipinski definition) is 2. The molecule has 0 spiro atoms. The summed E-state index contributed by atoms with van der Waals surface area (Å²) >= 11 is 0. The zero-order valence-corrected chi connectivity index (χ0v) is 16.9. The zero-order valence-electron chi connectivity index (χ0n) is 15.3. The highest BCUT2D eigenvalue weighted by Crippen LogP contribution is 2.23. The number of benzene rings is 2. The number of nitrogens with zero attached hydrogens (tertiary/aromatic N) is 2. The van der Waals surface area contributed by atoms with E-state index >= 15 is 0 Å². The number of imidazole rings is 1. The van der Waals surface area contributed by atoms with Crippen molar-refractivity contribution in [3.63, 3.8) is 0 Å². The Morgan fingerprint density at radius 2 is 1.71 bits per heavy atom. The van der Waals surface area contributed by atoms with Gasteiger partial charge in [-0.3, -0.25) is 4.98 Å². The van der Waals surface area contributed by atoms with Gasteiger partial charge in [-0.05, 0) is 47.7 Å². The van der Waals surface area contributed by atoms with Crippen LogP contribution in [-0.4, -0.2) is 21.0 Å². The Labute approximate surface area is 176 Å². The molecule has 0 amide bonds. The van der Waals surface area contributed by atoms with E-state index in [0.717, 1.165) is 41.7 Å². The van der Waals surface area contributed by atoms with Crippen LogP contribution in [0.15, 0.2) is 67.1 Å². The summed E-state index contributed by atoms with van der Waals surface area (Å²) in [4.78, 5) is 12.1. The highest BCUT2D eigenvalue weighted by molar-refractivity contribution is 5.85. The van der Waals surface area contributed by atoms with E-state index in [1.165, 1.54) is 16.7 Å². The second kappa shape index (κ2) is 8.74. The van der Waals surface area contributed by atoms with Gasteiger partial charge in [0.1, 0.15) is 0 Å². The summed E-state index contributed by atoms with van der Waals surface area (Å²) in [6.45, 7) is 0.852. The fourth-order valence-corrected chi connectivity index (χ4v) is 3.76. The molecular weight excluding hydrogens is 391 g/mol. The molecule has 0 unspecified atom stereocenters. The van der Waals surface area contributed by atoms with Crippen molar-refractivity contribution >= 4 is 35.8 Å². The summed E-state index contributed by atoms with van der Waals surface area (Å²) in [5.41, 5.74) is 8.26. The fourth-order valence-electron chi connectivity index (χ4n) is 3.76. The van der Waals surface area contributed by atoms with Crippen LogP contribution in [0.1, 0.15) is 16.7 Å². The van der Waals surface area contributed by atoms with E-state index in [1.54, 1.807) is 6.33 Å². The summed E-state index contributed by atoms with van der Waals surface area (Å²) in [5.74, 6) is 0. The van der Waals surface area contributed by atoms with Crippen molar-refractivity contribution in [1.82, 2.24) is 20.3 Å². The molecule has 0 radical (unpaired) electrons.